The Balaban J connectivity index is 1.57. The van der Waals surface area contributed by atoms with Crippen molar-refractivity contribution >= 4 is 23.4 Å². The van der Waals surface area contributed by atoms with Crippen LogP contribution in [0.2, 0.25) is 0 Å². The van der Waals surface area contributed by atoms with E-state index < -0.39 is 18.4 Å². The molecular formula is C24H23NO5. The third kappa shape index (κ3) is 3.32. The summed E-state index contributed by atoms with van der Waals surface area (Å²) in [4.78, 5) is 53.0. The molecule has 0 radical (unpaired) electrons. The number of benzene rings is 2. The van der Waals surface area contributed by atoms with E-state index in [1.165, 1.54) is 12.1 Å². The first kappa shape index (κ1) is 20.0. The molecule has 30 heavy (non-hydrogen) atoms. The van der Waals surface area contributed by atoms with E-state index in [4.69, 9.17) is 4.74 Å². The quantitative estimate of drug-likeness (QED) is 0.624. The van der Waals surface area contributed by atoms with E-state index in [-0.39, 0.29) is 46.0 Å². The molecule has 2 atom stereocenters. The van der Waals surface area contributed by atoms with Gasteiger partial charge in [0, 0.05) is 34.3 Å². The summed E-state index contributed by atoms with van der Waals surface area (Å²) < 4.78 is 5.28. The van der Waals surface area contributed by atoms with E-state index in [1.54, 1.807) is 35.2 Å². The van der Waals surface area contributed by atoms with Gasteiger partial charge in [-0.2, -0.15) is 0 Å². The average Bonchev–Trinajstić information content (AvgIpc) is 2.75. The molecule has 1 aliphatic heterocycles. The number of amides is 1. The van der Waals surface area contributed by atoms with Gasteiger partial charge in [-0.1, -0.05) is 36.4 Å². The van der Waals surface area contributed by atoms with Crippen molar-refractivity contribution in [2.24, 2.45) is 0 Å². The number of hydrogen-bond acceptors (Lipinski definition) is 5. The number of carbonyl (C=O) groups is 4. The minimum atomic E-state index is -0.780. The van der Waals surface area contributed by atoms with Crippen molar-refractivity contribution in [2.75, 3.05) is 6.61 Å². The molecule has 154 valence electrons. The van der Waals surface area contributed by atoms with Crippen molar-refractivity contribution in [1.82, 2.24) is 4.90 Å². The largest absolute Gasteiger partial charge is 0.452 e. The van der Waals surface area contributed by atoms with Crippen LogP contribution in [-0.2, 0) is 9.53 Å². The zero-order chi connectivity index (χ0) is 21.4. The van der Waals surface area contributed by atoms with Crippen molar-refractivity contribution in [3.63, 3.8) is 0 Å². The minimum absolute atomic E-state index is 0.00731. The van der Waals surface area contributed by atoms with Gasteiger partial charge in [-0.3, -0.25) is 14.4 Å². The fourth-order valence-electron chi connectivity index (χ4n) is 4.51. The number of nitrogens with zero attached hydrogens (tertiary/aromatic N) is 1. The molecule has 1 fully saturated rings. The van der Waals surface area contributed by atoms with Crippen LogP contribution in [-0.4, -0.2) is 47.0 Å². The van der Waals surface area contributed by atoms with Gasteiger partial charge in [-0.25, -0.2) is 4.79 Å². The highest BCUT2D eigenvalue weighted by molar-refractivity contribution is 6.30. The normalized spacial score (nSPS) is 20.4. The molecule has 4 rings (SSSR count). The van der Waals surface area contributed by atoms with E-state index in [0.29, 0.717) is 5.56 Å². The monoisotopic (exact) mass is 405 g/mol. The predicted molar refractivity (Wildman–Crippen MR) is 110 cm³/mol. The SMILES string of the molecule is C[C@H]1CCC[C@H](C)N1C(=O)COC(=O)c1cccc2c1C(=O)c1ccccc1C2=O. The summed E-state index contributed by atoms with van der Waals surface area (Å²) in [7, 11) is 0. The fraction of sp³-hybridized carbons (Fsp3) is 0.333. The molecule has 0 unspecified atom stereocenters. The number of hydrogen-bond donors (Lipinski definition) is 0. The molecule has 1 heterocycles. The molecule has 0 saturated carbocycles. The zero-order valence-corrected chi connectivity index (χ0v) is 17.0. The van der Waals surface area contributed by atoms with E-state index in [2.05, 4.69) is 0 Å². The Labute approximate surface area is 174 Å². The molecule has 1 aliphatic carbocycles. The molecular weight excluding hydrogens is 382 g/mol. The lowest BCUT2D eigenvalue weighted by atomic mass is 9.82. The molecule has 2 aliphatic rings. The van der Waals surface area contributed by atoms with Crippen LogP contribution < -0.4 is 0 Å². The Hall–Kier alpha value is -3.28. The first-order valence-corrected chi connectivity index (χ1v) is 10.2. The van der Waals surface area contributed by atoms with Crippen molar-refractivity contribution in [3.8, 4) is 0 Å². The number of piperidine rings is 1. The van der Waals surface area contributed by atoms with Crippen LogP contribution in [0, 0.1) is 0 Å². The maximum Gasteiger partial charge on any atom is 0.339 e. The van der Waals surface area contributed by atoms with Crippen LogP contribution >= 0.6 is 0 Å². The first-order chi connectivity index (χ1) is 14.4. The lowest BCUT2D eigenvalue weighted by molar-refractivity contribution is -0.140. The molecule has 0 aromatic heterocycles. The maximum atomic E-state index is 13.0. The van der Waals surface area contributed by atoms with Gasteiger partial charge in [0.25, 0.3) is 5.91 Å². The number of rotatable bonds is 3. The Morgan fingerprint density at radius 1 is 0.900 bits per heavy atom. The number of ether oxygens (including phenoxy) is 1. The maximum absolute atomic E-state index is 13.0. The molecule has 2 aromatic carbocycles. The number of carbonyl (C=O) groups excluding carboxylic acids is 4. The summed E-state index contributed by atoms with van der Waals surface area (Å²) in [5.41, 5.74) is 0.815. The summed E-state index contributed by atoms with van der Waals surface area (Å²) >= 11 is 0. The molecule has 0 N–H and O–H groups in total. The Kier molecular flexibility index (Phi) is 5.24. The smallest absolute Gasteiger partial charge is 0.339 e. The summed E-state index contributed by atoms with van der Waals surface area (Å²) in [5, 5.41) is 0. The summed E-state index contributed by atoms with van der Waals surface area (Å²) in [6, 6.07) is 11.3. The van der Waals surface area contributed by atoms with E-state index in [1.807, 2.05) is 13.8 Å². The second-order valence-electron chi connectivity index (χ2n) is 7.94. The molecule has 2 aromatic rings. The molecule has 1 amide bonds. The van der Waals surface area contributed by atoms with Gasteiger partial charge >= 0.3 is 5.97 Å². The number of ketones is 2. The van der Waals surface area contributed by atoms with Crippen LogP contribution in [0.4, 0.5) is 0 Å². The number of likely N-dealkylation sites (tertiary alicyclic amines) is 1. The second-order valence-corrected chi connectivity index (χ2v) is 7.94. The van der Waals surface area contributed by atoms with Gasteiger partial charge in [0.15, 0.2) is 18.2 Å². The summed E-state index contributed by atoms with van der Waals surface area (Å²) in [6.07, 6.45) is 2.91. The van der Waals surface area contributed by atoms with Gasteiger partial charge in [-0.05, 0) is 39.2 Å². The van der Waals surface area contributed by atoms with Crippen molar-refractivity contribution in [3.05, 3.63) is 70.3 Å². The van der Waals surface area contributed by atoms with Gasteiger partial charge in [0.05, 0.1) is 5.56 Å². The molecule has 1 saturated heterocycles. The van der Waals surface area contributed by atoms with E-state index in [9.17, 15) is 19.2 Å². The second kappa shape index (κ2) is 7.86. The van der Waals surface area contributed by atoms with Crippen LogP contribution in [0.1, 0.15) is 75.3 Å². The van der Waals surface area contributed by atoms with Crippen molar-refractivity contribution in [1.29, 1.82) is 0 Å². The number of fused-ring (bicyclic) bond motifs is 2. The summed E-state index contributed by atoms with van der Waals surface area (Å²) in [5.74, 6) is -1.72. The highest BCUT2D eigenvalue weighted by Crippen LogP contribution is 2.30. The van der Waals surface area contributed by atoms with Crippen LogP contribution in [0.15, 0.2) is 42.5 Å². The van der Waals surface area contributed by atoms with Gasteiger partial charge in [0.1, 0.15) is 0 Å². The number of esters is 1. The standard InChI is InChI=1S/C24H23NO5/c1-14-7-5-8-15(2)25(14)20(26)13-30-24(29)19-12-6-11-18-21(19)23(28)17-10-4-3-9-16(17)22(18)27/h3-4,6,9-12,14-15H,5,7-8,13H2,1-2H3/t14-,15-/m0/s1. The topological polar surface area (TPSA) is 80.8 Å². The third-order valence-corrected chi connectivity index (χ3v) is 5.98. The molecule has 6 nitrogen and oxygen atoms in total. The first-order valence-electron chi connectivity index (χ1n) is 10.2. The lowest BCUT2D eigenvalue weighted by Crippen LogP contribution is -2.49. The van der Waals surface area contributed by atoms with Crippen LogP contribution in [0.3, 0.4) is 0 Å². The molecule has 0 bridgehead atoms. The third-order valence-electron chi connectivity index (χ3n) is 5.98. The molecule has 6 heteroatoms. The van der Waals surface area contributed by atoms with Gasteiger partial charge in [-0.15, -0.1) is 0 Å². The minimum Gasteiger partial charge on any atom is -0.452 e. The van der Waals surface area contributed by atoms with Gasteiger partial charge < -0.3 is 9.64 Å². The Morgan fingerprint density at radius 3 is 2.17 bits per heavy atom. The van der Waals surface area contributed by atoms with Crippen LogP contribution in [0.5, 0.6) is 0 Å². The fourth-order valence-corrected chi connectivity index (χ4v) is 4.51. The van der Waals surface area contributed by atoms with Crippen molar-refractivity contribution in [2.45, 2.75) is 45.2 Å². The lowest BCUT2D eigenvalue weighted by Gasteiger charge is -2.38. The van der Waals surface area contributed by atoms with E-state index in [0.717, 1.165) is 19.3 Å². The van der Waals surface area contributed by atoms with Gasteiger partial charge in [0.2, 0.25) is 0 Å². The predicted octanol–water partition coefficient (Wildman–Crippen LogP) is 3.41. The van der Waals surface area contributed by atoms with Crippen LogP contribution in [0.25, 0.3) is 0 Å². The highest BCUT2D eigenvalue weighted by Gasteiger charge is 2.34. The zero-order valence-electron chi connectivity index (χ0n) is 17.0. The Bertz CT molecular complexity index is 1050. The van der Waals surface area contributed by atoms with Crippen molar-refractivity contribution < 1.29 is 23.9 Å². The Morgan fingerprint density at radius 2 is 1.50 bits per heavy atom. The van der Waals surface area contributed by atoms with E-state index >= 15 is 0 Å². The molecule has 0 spiro atoms. The highest BCUT2D eigenvalue weighted by atomic mass is 16.5. The summed E-state index contributed by atoms with van der Waals surface area (Å²) in [6.45, 7) is 3.59. The average molecular weight is 405 g/mol.